The topological polar surface area (TPSA) is 75.3 Å². The van der Waals surface area contributed by atoms with E-state index < -0.39 is 10.0 Å². The summed E-state index contributed by atoms with van der Waals surface area (Å²) < 4.78 is 27.7. The maximum atomic E-state index is 12.5. The highest BCUT2D eigenvalue weighted by atomic mass is 32.2. The number of hydrogen-bond acceptors (Lipinski definition) is 3. The van der Waals surface area contributed by atoms with Crippen molar-refractivity contribution in [1.29, 1.82) is 0 Å². The van der Waals surface area contributed by atoms with Crippen molar-refractivity contribution in [3.63, 3.8) is 0 Å². The molecule has 0 aromatic heterocycles. The lowest BCUT2D eigenvalue weighted by Crippen LogP contribution is -2.25. The largest absolute Gasteiger partial charge is 0.349 e. The molecule has 2 N–H and O–H groups in total. The zero-order valence-corrected chi connectivity index (χ0v) is 16.1. The summed E-state index contributed by atoms with van der Waals surface area (Å²) >= 11 is 0. The number of anilines is 1. The van der Waals surface area contributed by atoms with Crippen LogP contribution >= 0.6 is 0 Å². The molecule has 2 aromatic rings. The van der Waals surface area contributed by atoms with Gasteiger partial charge in [-0.2, -0.15) is 0 Å². The van der Waals surface area contributed by atoms with Crippen LogP contribution in [0.4, 0.5) is 5.69 Å². The molecule has 0 unspecified atom stereocenters. The summed E-state index contributed by atoms with van der Waals surface area (Å²) in [5.41, 5.74) is 2.11. The van der Waals surface area contributed by atoms with Crippen LogP contribution in [0, 0.1) is 0 Å². The van der Waals surface area contributed by atoms with Crippen LogP contribution in [-0.4, -0.2) is 20.4 Å². The molecule has 3 rings (SSSR count). The van der Waals surface area contributed by atoms with Gasteiger partial charge in [-0.15, -0.1) is 0 Å². The van der Waals surface area contributed by atoms with Crippen molar-refractivity contribution in [3.8, 4) is 0 Å². The average molecular weight is 372 g/mol. The fraction of sp³-hybridized carbons (Fsp3) is 0.350. The summed E-state index contributed by atoms with van der Waals surface area (Å²) in [5, 5.41) is 2.88. The van der Waals surface area contributed by atoms with Crippen molar-refractivity contribution in [2.75, 3.05) is 4.72 Å². The highest BCUT2D eigenvalue weighted by molar-refractivity contribution is 7.92. The van der Waals surface area contributed by atoms with E-state index in [4.69, 9.17) is 0 Å². The molecule has 1 saturated carbocycles. The second kappa shape index (κ2) is 6.76. The van der Waals surface area contributed by atoms with Crippen LogP contribution in [0.5, 0.6) is 0 Å². The molecule has 0 saturated heterocycles. The van der Waals surface area contributed by atoms with E-state index in [2.05, 4.69) is 30.8 Å². The molecule has 6 heteroatoms. The molecule has 0 radical (unpaired) electrons. The summed E-state index contributed by atoms with van der Waals surface area (Å²) in [7, 11) is -3.70. The van der Waals surface area contributed by atoms with Crippen LogP contribution in [0.15, 0.2) is 53.4 Å². The van der Waals surface area contributed by atoms with Gasteiger partial charge < -0.3 is 5.32 Å². The van der Waals surface area contributed by atoms with Crippen molar-refractivity contribution < 1.29 is 13.2 Å². The molecule has 138 valence electrons. The number of amides is 1. The second-order valence-corrected chi connectivity index (χ2v) is 9.39. The SMILES string of the molecule is CC(C)(C)c1ccc(NS(=O)(=O)c2ccc(C(=O)NC3CC3)cc2)cc1. The minimum absolute atomic E-state index is 0.00821. The molecule has 5 nitrogen and oxygen atoms in total. The molecule has 0 aliphatic heterocycles. The van der Waals surface area contributed by atoms with Crippen LogP contribution in [0.2, 0.25) is 0 Å². The van der Waals surface area contributed by atoms with Crippen LogP contribution < -0.4 is 10.0 Å². The third-order valence-electron chi connectivity index (χ3n) is 4.34. The molecule has 0 spiro atoms. The predicted octanol–water partition coefficient (Wildman–Crippen LogP) is 3.68. The molecule has 1 aliphatic carbocycles. The Morgan fingerprint density at radius 3 is 2.04 bits per heavy atom. The van der Waals surface area contributed by atoms with Crippen LogP contribution in [0.3, 0.4) is 0 Å². The number of carbonyl (C=O) groups excluding carboxylic acids is 1. The Kier molecular flexibility index (Phi) is 4.80. The summed E-state index contributed by atoms with van der Waals surface area (Å²) in [6.07, 6.45) is 2.02. The summed E-state index contributed by atoms with van der Waals surface area (Å²) in [5.74, 6) is -0.165. The van der Waals surface area contributed by atoms with Crippen molar-refractivity contribution in [1.82, 2.24) is 5.32 Å². The monoisotopic (exact) mass is 372 g/mol. The van der Waals surface area contributed by atoms with Gasteiger partial charge in [-0.1, -0.05) is 32.9 Å². The highest BCUT2D eigenvalue weighted by Gasteiger charge is 2.24. The van der Waals surface area contributed by atoms with Crippen molar-refractivity contribution >= 4 is 21.6 Å². The Hall–Kier alpha value is -2.34. The minimum atomic E-state index is -3.70. The first-order valence-corrected chi connectivity index (χ1v) is 10.2. The molecular weight excluding hydrogens is 348 g/mol. The molecule has 0 atom stereocenters. The zero-order chi connectivity index (χ0) is 18.9. The Morgan fingerprint density at radius 2 is 1.54 bits per heavy atom. The van der Waals surface area contributed by atoms with Crippen LogP contribution in [0.1, 0.15) is 49.5 Å². The summed E-state index contributed by atoms with van der Waals surface area (Å²) in [6, 6.07) is 13.6. The Bertz CT molecular complexity index is 892. The standard InChI is InChI=1S/C20H24N2O3S/c1-20(2,3)15-6-8-17(9-7-15)22-26(24,25)18-12-4-14(5-13-18)19(23)21-16-10-11-16/h4-9,12-13,16,22H,10-11H2,1-3H3,(H,21,23). The van der Waals surface area contributed by atoms with Gasteiger partial charge >= 0.3 is 0 Å². The normalized spacial score (nSPS) is 14.7. The van der Waals surface area contributed by atoms with Crippen molar-refractivity contribution in [2.45, 2.75) is 50.0 Å². The van der Waals surface area contributed by atoms with Gasteiger partial charge in [-0.25, -0.2) is 8.42 Å². The molecule has 0 bridgehead atoms. The summed E-state index contributed by atoms with van der Waals surface area (Å²) in [4.78, 5) is 12.1. The van der Waals surface area contributed by atoms with E-state index in [-0.39, 0.29) is 22.3 Å². The maximum Gasteiger partial charge on any atom is 0.261 e. The van der Waals surface area contributed by atoms with Crippen molar-refractivity contribution in [3.05, 3.63) is 59.7 Å². The van der Waals surface area contributed by atoms with Gasteiger partial charge in [0.1, 0.15) is 0 Å². The Balaban J connectivity index is 1.72. The van der Waals surface area contributed by atoms with E-state index in [0.717, 1.165) is 18.4 Å². The van der Waals surface area contributed by atoms with Gasteiger partial charge in [0.05, 0.1) is 4.90 Å². The van der Waals surface area contributed by atoms with E-state index >= 15 is 0 Å². The zero-order valence-electron chi connectivity index (χ0n) is 15.2. The first kappa shape index (κ1) is 18.5. The van der Waals surface area contributed by atoms with Gasteiger partial charge in [0.2, 0.25) is 0 Å². The van der Waals surface area contributed by atoms with Crippen LogP contribution in [0.25, 0.3) is 0 Å². The van der Waals surface area contributed by atoms with Gasteiger partial charge in [-0.05, 0) is 60.2 Å². The van der Waals surface area contributed by atoms with Gasteiger partial charge in [-0.3, -0.25) is 9.52 Å². The first-order chi connectivity index (χ1) is 12.1. The molecule has 2 aromatic carbocycles. The fourth-order valence-electron chi connectivity index (χ4n) is 2.53. The molecule has 0 heterocycles. The Morgan fingerprint density at radius 1 is 0.962 bits per heavy atom. The van der Waals surface area contributed by atoms with Gasteiger partial charge in [0, 0.05) is 17.3 Å². The number of hydrogen-bond donors (Lipinski definition) is 2. The molecular formula is C20H24N2O3S. The Labute approximate surface area is 154 Å². The van der Waals surface area contributed by atoms with Gasteiger partial charge in [0.25, 0.3) is 15.9 Å². The second-order valence-electron chi connectivity index (χ2n) is 7.70. The number of rotatable bonds is 5. The lowest BCUT2D eigenvalue weighted by atomic mass is 9.87. The molecule has 1 amide bonds. The van der Waals surface area contributed by atoms with E-state index in [1.165, 1.54) is 24.3 Å². The maximum absolute atomic E-state index is 12.5. The van der Waals surface area contributed by atoms with Crippen molar-refractivity contribution in [2.24, 2.45) is 0 Å². The number of sulfonamides is 1. The minimum Gasteiger partial charge on any atom is -0.349 e. The number of nitrogens with one attached hydrogen (secondary N) is 2. The molecule has 1 fully saturated rings. The average Bonchev–Trinajstić information content (AvgIpc) is 3.38. The molecule has 26 heavy (non-hydrogen) atoms. The predicted molar refractivity (Wildman–Crippen MR) is 103 cm³/mol. The highest BCUT2D eigenvalue weighted by Crippen LogP contribution is 2.25. The summed E-state index contributed by atoms with van der Waals surface area (Å²) in [6.45, 7) is 6.31. The van der Waals surface area contributed by atoms with E-state index in [9.17, 15) is 13.2 Å². The fourth-order valence-corrected chi connectivity index (χ4v) is 3.59. The number of benzene rings is 2. The van der Waals surface area contributed by atoms with Crippen LogP contribution in [-0.2, 0) is 15.4 Å². The quantitative estimate of drug-likeness (QED) is 0.841. The van der Waals surface area contributed by atoms with E-state index in [0.29, 0.717) is 11.3 Å². The first-order valence-electron chi connectivity index (χ1n) is 8.69. The smallest absolute Gasteiger partial charge is 0.261 e. The molecule has 1 aliphatic rings. The third-order valence-corrected chi connectivity index (χ3v) is 5.74. The van der Waals surface area contributed by atoms with E-state index in [1.807, 2.05) is 12.1 Å². The van der Waals surface area contributed by atoms with Gasteiger partial charge in [0.15, 0.2) is 0 Å². The third kappa shape index (κ3) is 4.43. The lowest BCUT2D eigenvalue weighted by molar-refractivity contribution is 0.0951. The number of carbonyl (C=O) groups is 1. The van der Waals surface area contributed by atoms with E-state index in [1.54, 1.807) is 12.1 Å². The lowest BCUT2D eigenvalue weighted by Gasteiger charge is -2.19.